The summed E-state index contributed by atoms with van der Waals surface area (Å²) in [7, 11) is -24.0. The molecule has 31 heteroatoms. The molecular formula is C19H26N6O21P4. The third-order valence-electron chi connectivity index (χ3n) is 6.74. The molecule has 0 spiro atoms. The molecule has 27 nitrogen and oxygen atoms in total. The first kappa shape index (κ1) is 38.8. The SMILES string of the molecule is O=c1ccn([C@H]2O[C@H](COP(=O)(O)OP(=O)(O)OP(=O)(O)OP(=O)(O)OC[C@H]3O[C@H](n4cnc5cncnc54)[C@H](O)[C@@H]3O)[C@@H](O)[C@H]2O)c(=O)[nH]1. The number of nitrogens with zero attached hydrogens (tertiary/aromatic N) is 5. The van der Waals surface area contributed by atoms with E-state index in [1.54, 1.807) is 0 Å². The fourth-order valence-corrected chi connectivity index (χ4v) is 9.55. The quantitative estimate of drug-likeness (QED) is 0.0738. The number of hydrogen-bond acceptors (Lipinski definition) is 20. The average molecular weight is 798 g/mol. The van der Waals surface area contributed by atoms with Crippen molar-refractivity contribution in [3.8, 4) is 0 Å². The minimum absolute atomic E-state index is 0.179. The Morgan fingerprint density at radius 1 is 0.740 bits per heavy atom. The summed E-state index contributed by atoms with van der Waals surface area (Å²) in [6, 6.07) is 0.879. The molecule has 0 radical (unpaired) electrons. The van der Waals surface area contributed by atoms with Crippen molar-refractivity contribution in [2.75, 3.05) is 13.2 Å². The lowest BCUT2D eigenvalue weighted by molar-refractivity contribution is -0.0542. The number of nitrogens with one attached hydrogen (secondary N) is 1. The van der Waals surface area contributed by atoms with Gasteiger partial charge in [0.1, 0.15) is 48.5 Å². The molecule has 5 heterocycles. The van der Waals surface area contributed by atoms with Crippen LogP contribution in [0.15, 0.2) is 40.7 Å². The Morgan fingerprint density at radius 2 is 1.24 bits per heavy atom. The molecule has 2 fully saturated rings. The number of imidazole rings is 1. The van der Waals surface area contributed by atoms with E-state index in [0.29, 0.717) is 4.57 Å². The molecule has 2 aliphatic rings. The highest BCUT2D eigenvalue weighted by atomic mass is 31.3. The molecule has 0 aromatic carbocycles. The van der Waals surface area contributed by atoms with Crippen LogP contribution in [-0.4, -0.2) is 119 Å². The number of phosphoric acid groups is 4. The van der Waals surface area contributed by atoms with E-state index in [1.807, 2.05) is 4.98 Å². The largest absolute Gasteiger partial charge is 0.490 e. The first-order valence-electron chi connectivity index (χ1n) is 13.4. The van der Waals surface area contributed by atoms with Gasteiger partial charge in [0.15, 0.2) is 18.1 Å². The second-order valence-electron chi connectivity index (χ2n) is 10.2. The van der Waals surface area contributed by atoms with Gasteiger partial charge >= 0.3 is 37.0 Å². The molecule has 3 aromatic heterocycles. The van der Waals surface area contributed by atoms with Crippen molar-refractivity contribution in [2.45, 2.75) is 49.1 Å². The van der Waals surface area contributed by atoms with E-state index in [1.165, 1.54) is 17.1 Å². The average Bonchev–Trinajstić information content (AvgIpc) is 3.63. The summed E-state index contributed by atoms with van der Waals surface area (Å²) in [5.41, 5.74) is -1.40. The smallest absolute Gasteiger partial charge is 0.387 e. The number of aromatic nitrogens is 6. The molecule has 4 unspecified atom stereocenters. The standard InChI is InChI=1S/C19H26N6O21P4/c26-11-1-2-24(19(31)23-11)17-14(29)12(27)9(42-17)4-40-47(32,33)44-49(36,37)46-50(38,39)45-48(34,35)41-5-10-13(28)15(30)18(43-10)25-7-22-8-3-20-6-21-16(8)25/h1-3,6-7,9-10,12-15,17-18,27-30H,4-5H2,(H,32,33)(H,34,35)(H,36,37)(H,38,39)(H,23,26,31)/t9-,10-,12-,13-,14-,15-,17+,18+/m1/s1. The first-order valence-corrected chi connectivity index (χ1v) is 19.4. The number of fused-ring (bicyclic) bond motifs is 1. The lowest BCUT2D eigenvalue weighted by Gasteiger charge is -2.21. The maximum absolute atomic E-state index is 12.3. The van der Waals surface area contributed by atoms with Gasteiger partial charge in [0.25, 0.3) is 5.56 Å². The second-order valence-corrected chi connectivity index (χ2v) is 16.4. The lowest BCUT2D eigenvalue weighted by atomic mass is 10.1. The van der Waals surface area contributed by atoms with Crippen LogP contribution in [0.2, 0.25) is 0 Å². The molecule has 9 N–H and O–H groups in total. The number of rotatable bonds is 14. The predicted molar refractivity (Wildman–Crippen MR) is 153 cm³/mol. The van der Waals surface area contributed by atoms with Crippen LogP contribution < -0.4 is 11.2 Å². The van der Waals surface area contributed by atoms with Crippen LogP contribution in [0.3, 0.4) is 0 Å². The minimum atomic E-state index is -6.21. The van der Waals surface area contributed by atoms with E-state index in [-0.39, 0.29) is 11.2 Å². The summed E-state index contributed by atoms with van der Waals surface area (Å²) in [5.74, 6) is 0. The van der Waals surface area contributed by atoms with Gasteiger partial charge in [-0.2, -0.15) is 12.9 Å². The van der Waals surface area contributed by atoms with Crippen LogP contribution in [-0.2, 0) is 49.7 Å². The Balaban J connectivity index is 1.13. The summed E-state index contributed by atoms with van der Waals surface area (Å²) in [6.45, 7) is -2.29. The van der Waals surface area contributed by atoms with Crippen molar-refractivity contribution in [3.63, 3.8) is 0 Å². The highest BCUT2D eigenvalue weighted by Crippen LogP contribution is 2.71. The van der Waals surface area contributed by atoms with Crippen molar-refractivity contribution >= 4 is 42.5 Å². The fraction of sp³-hybridized carbons (Fsp3) is 0.526. The van der Waals surface area contributed by atoms with Gasteiger partial charge in [-0.15, -0.1) is 0 Å². The highest BCUT2D eigenvalue weighted by Gasteiger charge is 2.50. The second kappa shape index (κ2) is 14.5. The number of aromatic amines is 1. The predicted octanol–water partition coefficient (Wildman–Crippen LogP) is -2.90. The molecule has 2 saturated heterocycles. The molecular weight excluding hydrogens is 772 g/mol. The van der Waals surface area contributed by atoms with E-state index in [2.05, 4.69) is 36.9 Å². The van der Waals surface area contributed by atoms with E-state index in [0.717, 1.165) is 18.6 Å². The number of ether oxygens (including phenoxy) is 2. The summed E-state index contributed by atoms with van der Waals surface area (Å²) < 4.78 is 82.0. The molecule has 0 bridgehead atoms. The Morgan fingerprint density at radius 3 is 1.76 bits per heavy atom. The van der Waals surface area contributed by atoms with Crippen LogP contribution in [0.4, 0.5) is 0 Å². The van der Waals surface area contributed by atoms with Gasteiger partial charge in [0.05, 0.1) is 25.7 Å². The van der Waals surface area contributed by atoms with Gasteiger partial charge in [-0.25, -0.2) is 38.0 Å². The molecule has 5 rings (SSSR count). The maximum Gasteiger partial charge on any atom is 0.490 e. The number of aliphatic hydroxyl groups excluding tert-OH is 4. The Labute approximate surface area is 275 Å². The molecule has 2 aliphatic heterocycles. The lowest BCUT2D eigenvalue weighted by Crippen LogP contribution is -2.37. The molecule has 0 aliphatic carbocycles. The van der Waals surface area contributed by atoms with Crippen molar-refractivity contribution in [2.24, 2.45) is 0 Å². The summed E-state index contributed by atoms with van der Waals surface area (Å²) >= 11 is 0. The number of hydrogen-bond donors (Lipinski definition) is 9. The Bertz CT molecular complexity index is 2020. The van der Waals surface area contributed by atoms with Crippen LogP contribution in [0, 0.1) is 0 Å². The number of phosphoric ester groups is 2. The summed E-state index contributed by atoms with van der Waals surface area (Å²) in [6.07, 6.45) is -8.93. The summed E-state index contributed by atoms with van der Waals surface area (Å²) in [5, 5.41) is 41.2. The van der Waals surface area contributed by atoms with E-state index in [9.17, 15) is 67.8 Å². The first-order chi connectivity index (χ1) is 23.2. The van der Waals surface area contributed by atoms with Gasteiger partial charge in [0, 0.05) is 12.3 Å². The third-order valence-corrected chi connectivity index (χ3v) is 12.6. The molecule has 278 valence electrons. The van der Waals surface area contributed by atoms with Crippen LogP contribution in [0.1, 0.15) is 12.5 Å². The zero-order valence-electron chi connectivity index (χ0n) is 24.3. The van der Waals surface area contributed by atoms with E-state index < -0.39 is 105 Å². The van der Waals surface area contributed by atoms with Crippen molar-refractivity contribution in [1.82, 2.24) is 29.1 Å². The zero-order valence-corrected chi connectivity index (χ0v) is 27.9. The normalized spacial score (nSPS) is 31.9. The van der Waals surface area contributed by atoms with Gasteiger partial charge in [-0.1, -0.05) is 0 Å². The van der Waals surface area contributed by atoms with Crippen LogP contribution in [0.5, 0.6) is 0 Å². The topological polar surface area (TPSA) is 393 Å². The Hall–Kier alpha value is -2.45. The fourth-order valence-electron chi connectivity index (χ4n) is 4.60. The minimum Gasteiger partial charge on any atom is -0.387 e. The van der Waals surface area contributed by atoms with E-state index >= 15 is 0 Å². The summed E-state index contributed by atoms with van der Waals surface area (Å²) in [4.78, 5) is 76.1. The molecule has 3 aromatic rings. The van der Waals surface area contributed by atoms with Crippen molar-refractivity contribution in [1.29, 1.82) is 0 Å². The van der Waals surface area contributed by atoms with Gasteiger partial charge in [-0.05, 0) is 0 Å². The molecule has 12 atom stereocenters. The van der Waals surface area contributed by atoms with Crippen LogP contribution >= 0.6 is 31.3 Å². The van der Waals surface area contributed by atoms with Crippen molar-refractivity contribution in [3.05, 3.63) is 52.0 Å². The number of H-pyrrole nitrogens is 1. The van der Waals surface area contributed by atoms with Gasteiger partial charge in [0.2, 0.25) is 0 Å². The van der Waals surface area contributed by atoms with Gasteiger partial charge in [-0.3, -0.25) is 28.0 Å². The Kier molecular flexibility index (Phi) is 11.3. The highest BCUT2D eigenvalue weighted by molar-refractivity contribution is 7.69. The van der Waals surface area contributed by atoms with E-state index in [4.69, 9.17) is 9.47 Å². The monoisotopic (exact) mass is 798 g/mol. The number of aliphatic hydroxyl groups is 4. The maximum atomic E-state index is 12.3. The molecule has 0 saturated carbocycles. The third kappa shape index (κ3) is 8.94. The zero-order chi connectivity index (χ0) is 36.8. The van der Waals surface area contributed by atoms with Gasteiger partial charge < -0.3 is 49.5 Å². The van der Waals surface area contributed by atoms with Crippen LogP contribution in [0.25, 0.3) is 11.2 Å². The van der Waals surface area contributed by atoms with Crippen molar-refractivity contribution < 1.29 is 89.7 Å². The molecule has 50 heavy (non-hydrogen) atoms. The molecule has 0 amide bonds.